The standard InChI is InChI=1S/C12H9ClFN3O2/c13-6-4-8(15)12(17-5-6)19-9-3-1-2-7(14)10(9)11(16)18/h1-5H,15H2,(H2,16,18). The van der Waals surface area contributed by atoms with Crippen LogP contribution in [0.4, 0.5) is 10.1 Å². The summed E-state index contributed by atoms with van der Waals surface area (Å²) in [4.78, 5) is 15.1. The molecule has 0 atom stereocenters. The average Bonchev–Trinajstić information content (AvgIpc) is 2.32. The molecule has 0 radical (unpaired) electrons. The molecule has 0 bridgehead atoms. The lowest BCUT2D eigenvalue weighted by Crippen LogP contribution is -2.14. The van der Waals surface area contributed by atoms with Crippen LogP contribution in [0.15, 0.2) is 30.5 Å². The van der Waals surface area contributed by atoms with E-state index < -0.39 is 11.7 Å². The van der Waals surface area contributed by atoms with E-state index in [1.54, 1.807) is 0 Å². The van der Waals surface area contributed by atoms with Gasteiger partial charge in [-0.3, -0.25) is 4.79 Å². The van der Waals surface area contributed by atoms with Crippen molar-refractivity contribution in [3.63, 3.8) is 0 Å². The van der Waals surface area contributed by atoms with Gasteiger partial charge in [0.2, 0.25) is 5.88 Å². The average molecular weight is 282 g/mol. The van der Waals surface area contributed by atoms with E-state index in [4.69, 9.17) is 27.8 Å². The Labute approximate surface area is 112 Å². The zero-order valence-corrected chi connectivity index (χ0v) is 10.3. The summed E-state index contributed by atoms with van der Waals surface area (Å²) in [6.45, 7) is 0. The summed E-state index contributed by atoms with van der Waals surface area (Å²) in [6, 6.07) is 5.29. The Morgan fingerprint density at radius 3 is 2.79 bits per heavy atom. The van der Waals surface area contributed by atoms with Crippen LogP contribution in [0, 0.1) is 5.82 Å². The first-order valence-electron chi connectivity index (χ1n) is 5.16. The molecule has 2 aromatic rings. The smallest absolute Gasteiger partial charge is 0.255 e. The van der Waals surface area contributed by atoms with Gasteiger partial charge in [0, 0.05) is 6.20 Å². The summed E-state index contributed by atoms with van der Waals surface area (Å²) in [6.07, 6.45) is 1.32. The van der Waals surface area contributed by atoms with Crippen LogP contribution in [0.25, 0.3) is 0 Å². The highest BCUT2D eigenvalue weighted by Gasteiger charge is 2.17. The van der Waals surface area contributed by atoms with Crippen molar-refractivity contribution in [2.24, 2.45) is 5.73 Å². The number of hydrogen-bond acceptors (Lipinski definition) is 4. The fourth-order valence-electron chi connectivity index (χ4n) is 1.46. The van der Waals surface area contributed by atoms with Gasteiger partial charge in [0.15, 0.2) is 0 Å². The van der Waals surface area contributed by atoms with E-state index in [9.17, 15) is 9.18 Å². The fraction of sp³-hybridized carbons (Fsp3) is 0. The summed E-state index contributed by atoms with van der Waals surface area (Å²) >= 11 is 5.69. The molecule has 1 amide bonds. The maximum Gasteiger partial charge on any atom is 0.255 e. The molecule has 1 heterocycles. The van der Waals surface area contributed by atoms with Crippen molar-refractivity contribution in [3.8, 4) is 11.6 Å². The number of anilines is 1. The number of nitrogens with two attached hydrogens (primary N) is 2. The van der Waals surface area contributed by atoms with Gasteiger partial charge < -0.3 is 16.2 Å². The first kappa shape index (κ1) is 13.1. The predicted molar refractivity (Wildman–Crippen MR) is 68.7 cm³/mol. The second-order valence-corrected chi connectivity index (χ2v) is 4.06. The van der Waals surface area contributed by atoms with E-state index in [0.717, 1.165) is 6.07 Å². The van der Waals surface area contributed by atoms with Gasteiger partial charge in [-0.25, -0.2) is 9.37 Å². The third-order valence-electron chi connectivity index (χ3n) is 2.27. The van der Waals surface area contributed by atoms with Crippen LogP contribution in [0.3, 0.4) is 0 Å². The SMILES string of the molecule is NC(=O)c1c(F)cccc1Oc1ncc(Cl)cc1N. The molecule has 0 aliphatic carbocycles. The molecule has 1 aromatic heterocycles. The van der Waals surface area contributed by atoms with Crippen LogP contribution >= 0.6 is 11.6 Å². The van der Waals surface area contributed by atoms with Gasteiger partial charge in [0.05, 0.1) is 10.7 Å². The van der Waals surface area contributed by atoms with Crippen LogP contribution in [0.1, 0.15) is 10.4 Å². The van der Waals surface area contributed by atoms with Crippen molar-refractivity contribution in [2.75, 3.05) is 5.73 Å². The van der Waals surface area contributed by atoms with Gasteiger partial charge in [0.1, 0.15) is 17.1 Å². The second kappa shape index (κ2) is 5.11. The second-order valence-electron chi connectivity index (χ2n) is 3.63. The zero-order valence-electron chi connectivity index (χ0n) is 9.56. The third kappa shape index (κ3) is 2.74. The number of halogens is 2. The monoisotopic (exact) mass is 281 g/mol. The maximum absolute atomic E-state index is 13.5. The molecule has 5 nitrogen and oxygen atoms in total. The van der Waals surface area contributed by atoms with Crippen molar-refractivity contribution in [1.82, 2.24) is 4.98 Å². The fourth-order valence-corrected chi connectivity index (χ4v) is 1.63. The molecule has 1 aromatic carbocycles. The molecule has 98 valence electrons. The van der Waals surface area contributed by atoms with Crippen LogP contribution in [0.5, 0.6) is 11.6 Å². The molecular formula is C12H9ClFN3O2. The summed E-state index contributed by atoms with van der Waals surface area (Å²) in [5.74, 6) is -1.77. The first-order valence-corrected chi connectivity index (χ1v) is 5.54. The molecule has 0 saturated carbocycles. The van der Waals surface area contributed by atoms with E-state index >= 15 is 0 Å². The minimum absolute atomic E-state index is 0.0116. The summed E-state index contributed by atoms with van der Waals surface area (Å²) in [5.41, 5.74) is 10.5. The summed E-state index contributed by atoms with van der Waals surface area (Å²) < 4.78 is 18.8. The Kier molecular flexibility index (Phi) is 3.52. The molecule has 0 fully saturated rings. The van der Waals surface area contributed by atoms with Crippen molar-refractivity contribution in [1.29, 1.82) is 0 Å². The Balaban J connectivity index is 2.44. The molecule has 0 spiro atoms. The number of nitrogen functional groups attached to an aromatic ring is 1. The van der Waals surface area contributed by atoms with Crippen molar-refractivity contribution >= 4 is 23.2 Å². The third-order valence-corrected chi connectivity index (χ3v) is 2.48. The van der Waals surface area contributed by atoms with Crippen molar-refractivity contribution in [2.45, 2.75) is 0 Å². The molecule has 2 rings (SSSR count). The Morgan fingerprint density at radius 1 is 1.42 bits per heavy atom. The number of nitrogens with zero attached hydrogens (tertiary/aromatic N) is 1. The van der Waals surface area contributed by atoms with Crippen LogP contribution in [0.2, 0.25) is 5.02 Å². The van der Waals surface area contributed by atoms with E-state index in [2.05, 4.69) is 4.98 Å². The molecule has 0 aliphatic rings. The Bertz CT molecular complexity index is 649. The number of ether oxygens (including phenoxy) is 1. The lowest BCUT2D eigenvalue weighted by molar-refractivity contribution is 0.0994. The number of amides is 1. The number of hydrogen-bond donors (Lipinski definition) is 2. The van der Waals surface area contributed by atoms with Crippen LogP contribution < -0.4 is 16.2 Å². The summed E-state index contributed by atoms with van der Waals surface area (Å²) in [7, 11) is 0. The molecule has 4 N–H and O–H groups in total. The topological polar surface area (TPSA) is 91.2 Å². The highest BCUT2D eigenvalue weighted by atomic mass is 35.5. The van der Waals surface area contributed by atoms with Gasteiger partial charge in [-0.05, 0) is 18.2 Å². The zero-order chi connectivity index (χ0) is 14.0. The number of rotatable bonds is 3. The Morgan fingerprint density at radius 2 is 2.16 bits per heavy atom. The van der Waals surface area contributed by atoms with E-state index in [1.165, 1.54) is 24.4 Å². The number of aromatic nitrogens is 1. The van der Waals surface area contributed by atoms with Crippen LogP contribution in [-0.2, 0) is 0 Å². The highest BCUT2D eigenvalue weighted by molar-refractivity contribution is 6.30. The lowest BCUT2D eigenvalue weighted by atomic mass is 10.2. The van der Waals surface area contributed by atoms with Crippen LogP contribution in [-0.4, -0.2) is 10.9 Å². The van der Waals surface area contributed by atoms with Gasteiger partial charge in [-0.15, -0.1) is 0 Å². The predicted octanol–water partition coefficient (Wildman–Crippen LogP) is 2.35. The number of primary amides is 1. The quantitative estimate of drug-likeness (QED) is 0.903. The first-order chi connectivity index (χ1) is 8.99. The minimum atomic E-state index is -0.944. The largest absolute Gasteiger partial charge is 0.436 e. The van der Waals surface area contributed by atoms with Crippen molar-refractivity contribution < 1.29 is 13.9 Å². The number of carbonyl (C=O) groups excluding carboxylic acids is 1. The number of pyridine rings is 1. The van der Waals surface area contributed by atoms with E-state index in [1.807, 2.05) is 0 Å². The molecular weight excluding hydrogens is 273 g/mol. The lowest BCUT2D eigenvalue weighted by Gasteiger charge is -2.10. The molecule has 19 heavy (non-hydrogen) atoms. The van der Waals surface area contributed by atoms with Crippen molar-refractivity contribution in [3.05, 3.63) is 46.9 Å². The number of benzene rings is 1. The maximum atomic E-state index is 13.5. The minimum Gasteiger partial charge on any atom is -0.436 e. The van der Waals surface area contributed by atoms with Gasteiger partial charge in [-0.2, -0.15) is 0 Å². The molecule has 7 heteroatoms. The van der Waals surface area contributed by atoms with E-state index in [0.29, 0.717) is 5.02 Å². The van der Waals surface area contributed by atoms with Gasteiger partial charge in [0.25, 0.3) is 5.91 Å². The van der Waals surface area contributed by atoms with E-state index in [-0.39, 0.29) is 22.9 Å². The van der Waals surface area contributed by atoms with Gasteiger partial charge >= 0.3 is 0 Å². The Hall–Kier alpha value is -2.34. The van der Waals surface area contributed by atoms with Gasteiger partial charge in [-0.1, -0.05) is 17.7 Å². The molecule has 0 unspecified atom stereocenters. The molecule has 0 saturated heterocycles. The highest BCUT2D eigenvalue weighted by Crippen LogP contribution is 2.30. The molecule has 0 aliphatic heterocycles. The normalized spacial score (nSPS) is 10.2. The number of carbonyl (C=O) groups is 1. The summed E-state index contributed by atoms with van der Waals surface area (Å²) in [5, 5.41) is 0.333.